The molecule has 9 nitrogen and oxygen atoms in total. The van der Waals surface area contributed by atoms with Crippen LogP contribution in [0.4, 0.5) is 11.6 Å². The van der Waals surface area contributed by atoms with Crippen LogP contribution in [-0.2, 0) is 9.47 Å². The molecule has 1 aromatic heterocycles. The molecule has 10 heteroatoms. The predicted octanol–water partition coefficient (Wildman–Crippen LogP) is 6.36. The zero-order chi connectivity index (χ0) is 28.5. The van der Waals surface area contributed by atoms with Crippen molar-refractivity contribution in [2.45, 2.75) is 13.8 Å². The van der Waals surface area contributed by atoms with Gasteiger partial charge in [0.05, 0.1) is 46.1 Å². The van der Waals surface area contributed by atoms with Gasteiger partial charge in [0.25, 0.3) is 0 Å². The molecular formula is C30H24BrN5O4. The van der Waals surface area contributed by atoms with E-state index in [4.69, 9.17) is 14.2 Å². The maximum absolute atomic E-state index is 12.2. The van der Waals surface area contributed by atoms with Crippen LogP contribution in [0.1, 0.15) is 32.6 Å². The van der Waals surface area contributed by atoms with Gasteiger partial charge in [0, 0.05) is 5.69 Å². The second-order valence-electron chi connectivity index (χ2n) is 8.60. The van der Waals surface area contributed by atoms with Crippen LogP contribution >= 0.6 is 15.9 Å². The van der Waals surface area contributed by atoms with Gasteiger partial charge in [-0.15, -0.1) is 0 Å². The molecule has 0 atom stereocenters. The maximum atomic E-state index is 12.2. The number of carbonyl (C=O) groups excluding carboxylic acids is 1. The molecular weight excluding hydrogens is 574 g/mol. The second-order valence-corrected chi connectivity index (χ2v) is 9.46. The minimum absolute atomic E-state index is 0.0325. The van der Waals surface area contributed by atoms with Gasteiger partial charge in [0.15, 0.2) is 0 Å². The molecule has 0 fully saturated rings. The topological polar surface area (TPSA) is 121 Å². The van der Waals surface area contributed by atoms with E-state index in [0.717, 1.165) is 11.1 Å². The summed E-state index contributed by atoms with van der Waals surface area (Å²) in [6, 6.07) is 23.4. The summed E-state index contributed by atoms with van der Waals surface area (Å²) in [5, 5.41) is 18.5. The lowest BCUT2D eigenvalue weighted by molar-refractivity contribution is 0.0325. The van der Waals surface area contributed by atoms with Crippen LogP contribution in [0, 0.1) is 36.5 Å². The summed E-state index contributed by atoms with van der Waals surface area (Å²) >= 11 is 3.46. The molecule has 0 spiro atoms. The molecule has 0 amide bonds. The summed E-state index contributed by atoms with van der Waals surface area (Å²) in [7, 11) is 0. The number of rotatable bonds is 10. The maximum Gasteiger partial charge on any atom is 0.338 e. The number of aromatic nitrogens is 2. The highest BCUT2D eigenvalue weighted by Crippen LogP contribution is 2.34. The fraction of sp³-hybridized carbons (Fsp3) is 0.167. The van der Waals surface area contributed by atoms with Gasteiger partial charge >= 0.3 is 5.97 Å². The van der Waals surface area contributed by atoms with Gasteiger partial charge in [-0.3, -0.25) is 4.90 Å². The number of hydrogen-bond donors (Lipinski definition) is 0. The molecule has 0 saturated carbocycles. The van der Waals surface area contributed by atoms with Gasteiger partial charge in [-0.1, -0.05) is 18.2 Å². The number of ether oxygens (including phenoxy) is 3. The van der Waals surface area contributed by atoms with Crippen LogP contribution in [0.15, 0.2) is 77.4 Å². The molecule has 0 saturated heterocycles. The van der Waals surface area contributed by atoms with Crippen molar-refractivity contribution in [2.75, 3.05) is 24.8 Å². The van der Waals surface area contributed by atoms with Crippen molar-refractivity contribution >= 4 is 33.5 Å². The van der Waals surface area contributed by atoms with Crippen LogP contribution < -0.4 is 9.64 Å². The minimum Gasteiger partial charge on any atom is -0.460 e. The van der Waals surface area contributed by atoms with E-state index in [-0.39, 0.29) is 31.8 Å². The average molecular weight is 598 g/mol. The Kier molecular flexibility index (Phi) is 9.42. The Morgan fingerprint density at radius 1 is 0.950 bits per heavy atom. The highest BCUT2D eigenvalue weighted by molar-refractivity contribution is 9.10. The normalized spacial score (nSPS) is 10.3. The van der Waals surface area contributed by atoms with Crippen molar-refractivity contribution < 1.29 is 19.0 Å². The van der Waals surface area contributed by atoms with Crippen LogP contribution in [0.5, 0.6) is 11.6 Å². The minimum atomic E-state index is -0.431. The number of anilines is 2. The van der Waals surface area contributed by atoms with Gasteiger partial charge in [-0.25, -0.2) is 9.78 Å². The fourth-order valence-electron chi connectivity index (χ4n) is 3.79. The summed E-state index contributed by atoms with van der Waals surface area (Å²) in [4.78, 5) is 23.0. The first-order chi connectivity index (χ1) is 19.4. The number of benzene rings is 3. The first kappa shape index (κ1) is 28.2. The SMILES string of the molecule is Cc1cc(C#N)cc(C)c1Oc1nc(N(COCCOC(=O)c2ccccc2)c2ccc(C#N)cc2)ncc1Br. The Morgan fingerprint density at radius 3 is 2.27 bits per heavy atom. The zero-order valence-corrected chi connectivity index (χ0v) is 23.4. The number of nitrogens with zero attached hydrogens (tertiary/aromatic N) is 5. The molecule has 40 heavy (non-hydrogen) atoms. The zero-order valence-electron chi connectivity index (χ0n) is 21.8. The first-order valence-corrected chi connectivity index (χ1v) is 13.0. The van der Waals surface area contributed by atoms with Crippen LogP contribution in [0.3, 0.4) is 0 Å². The quantitative estimate of drug-likeness (QED) is 0.117. The Bertz CT molecular complexity index is 1560. The van der Waals surface area contributed by atoms with Gasteiger partial charge in [0.2, 0.25) is 11.8 Å². The van der Waals surface area contributed by atoms with Gasteiger partial charge in [-0.05, 0) is 89.4 Å². The molecule has 200 valence electrons. The average Bonchev–Trinajstić information content (AvgIpc) is 2.98. The van der Waals surface area contributed by atoms with Crippen molar-refractivity contribution in [3.05, 3.63) is 105 Å². The van der Waals surface area contributed by atoms with Crippen LogP contribution in [0.2, 0.25) is 0 Å². The number of nitriles is 2. The van der Waals surface area contributed by atoms with E-state index in [1.807, 2.05) is 19.9 Å². The molecule has 0 N–H and O–H groups in total. The standard InChI is InChI=1S/C30H24BrN5O4/c1-20-14-23(17-33)15-21(2)27(20)40-28-26(31)18-34-30(35-28)36(25-10-8-22(16-32)9-11-25)19-38-12-13-39-29(37)24-6-4-3-5-7-24/h3-11,14-15,18H,12-13,19H2,1-2H3. The summed E-state index contributed by atoms with van der Waals surface area (Å²) < 4.78 is 17.8. The van der Waals surface area contributed by atoms with Crippen molar-refractivity contribution in [1.29, 1.82) is 10.5 Å². The van der Waals surface area contributed by atoms with Crippen molar-refractivity contribution in [2.24, 2.45) is 0 Å². The van der Waals surface area contributed by atoms with Crippen LogP contribution in [0.25, 0.3) is 0 Å². The van der Waals surface area contributed by atoms with Gasteiger partial charge < -0.3 is 14.2 Å². The molecule has 0 aliphatic rings. The molecule has 0 aliphatic heterocycles. The number of esters is 1. The fourth-order valence-corrected chi connectivity index (χ4v) is 4.06. The highest BCUT2D eigenvalue weighted by Gasteiger charge is 2.18. The Labute approximate surface area is 240 Å². The number of halogens is 1. The Morgan fingerprint density at radius 2 is 1.62 bits per heavy atom. The lowest BCUT2D eigenvalue weighted by atomic mass is 10.1. The third kappa shape index (κ3) is 7.00. The molecule has 4 aromatic rings. The molecule has 3 aromatic carbocycles. The molecule has 0 unspecified atom stereocenters. The summed E-state index contributed by atoms with van der Waals surface area (Å²) in [6.07, 6.45) is 1.57. The van der Waals surface area contributed by atoms with E-state index in [2.05, 4.69) is 38.0 Å². The number of carbonyl (C=O) groups is 1. The molecule has 0 radical (unpaired) electrons. The van der Waals surface area contributed by atoms with E-state index in [0.29, 0.717) is 32.6 Å². The van der Waals surface area contributed by atoms with Crippen molar-refractivity contribution in [3.8, 4) is 23.8 Å². The lowest BCUT2D eigenvalue weighted by Crippen LogP contribution is -2.24. The third-order valence-corrected chi connectivity index (χ3v) is 6.27. The van der Waals surface area contributed by atoms with E-state index >= 15 is 0 Å². The third-order valence-electron chi connectivity index (χ3n) is 5.73. The largest absolute Gasteiger partial charge is 0.460 e. The molecule has 4 rings (SSSR count). The molecule has 0 aliphatic carbocycles. The Balaban J connectivity index is 1.53. The lowest BCUT2D eigenvalue weighted by Gasteiger charge is -2.23. The van der Waals surface area contributed by atoms with Crippen molar-refractivity contribution in [3.63, 3.8) is 0 Å². The second kappa shape index (κ2) is 13.3. The highest BCUT2D eigenvalue weighted by atomic mass is 79.9. The molecule has 1 heterocycles. The number of hydrogen-bond acceptors (Lipinski definition) is 9. The summed E-state index contributed by atoms with van der Waals surface area (Å²) in [6.45, 7) is 3.95. The van der Waals surface area contributed by atoms with Gasteiger partial charge in [0.1, 0.15) is 19.1 Å². The summed E-state index contributed by atoms with van der Waals surface area (Å²) in [5.74, 6) is 0.717. The van der Waals surface area contributed by atoms with Crippen LogP contribution in [-0.4, -0.2) is 35.9 Å². The number of aryl methyl sites for hydroxylation is 2. The smallest absolute Gasteiger partial charge is 0.338 e. The van der Waals surface area contributed by atoms with E-state index < -0.39 is 5.97 Å². The molecule has 0 bridgehead atoms. The van der Waals surface area contributed by atoms with E-state index in [1.54, 1.807) is 71.8 Å². The van der Waals surface area contributed by atoms with Gasteiger partial charge in [-0.2, -0.15) is 15.5 Å². The summed E-state index contributed by atoms with van der Waals surface area (Å²) in [5.41, 5.74) is 3.78. The first-order valence-electron chi connectivity index (χ1n) is 12.2. The predicted molar refractivity (Wildman–Crippen MR) is 151 cm³/mol. The van der Waals surface area contributed by atoms with Crippen molar-refractivity contribution in [1.82, 2.24) is 9.97 Å². The van der Waals surface area contributed by atoms with E-state index in [9.17, 15) is 15.3 Å². The Hall–Kier alpha value is -4.77. The van der Waals surface area contributed by atoms with E-state index in [1.165, 1.54) is 0 Å². The monoisotopic (exact) mass is 597 g/mol.